The van der Waals surface area contributed by atoms with E-state index in [0.717, 1.165) is 11.3 Å². The molecule has 2 heterocycles. The number of aromatic nitrogens is 1. The zero-order chi connectivity index (χ0) is 12.6. The maximum absolute atomic E-state index is 12.0. The number of hydrogen-bond donors (Lipinski definition) is 0. The highest BCUT2D eigenvalue weighted by molar-refractivity contribution is 5.90. The number of rotatable bonds is 3. The lowest BCUT2D eigenvalue weighted by molar-refractivity contribution is -0.122. The van der Waals surface area contributed by atoms with Gasteiger partial charge in [-0.3, -0.25) is 9.78 Å². The number of ether oxygens (including phenoxy) is 1. The van der Waals surface area contributed by atoms with Crippen LogP contribution >= 0.6 is 0 Å². The Morgan fingerprint density at radius 3 is 2.50 bits per heavy atom. The summed E-state index contributed by atoms with van der Waals surface area (Å²) in [6.45, 7) is 1.57. The molecule has 1 fully saturated rings. The molecule has 1 aromatic carbocycles. The normalized spacial score (nSPS) is 25.7. The molecule has 3 heteroatoms. The maximum atomic E-state index is 12.0. The van der Waals surface area contributed by atoms with Gasteiger partial charge in [-0.05, 0) is 24.6 Å². The number of epoxide rings is 1. The largest absolute Gasteiger partial charge is 0.346 e. The Morgan fingerprint density at radius 2 is 1.89 bits per heavy atom. The minimum absolute atomic E-state index is 0.0179. The Bertz CT molecular complexity index is 568. The molecule has 1 aromatic heterocycles. The molecule has 18 heavy (non-hydrogen) atoms. The van der Waals surface area contributed by atoms with Crippen molar-refractivity contribution in [3.05, 3.63) is 66.0 Å². The van der Waals surface area contributed by atoms with Gasteiger partial charge in [-0.1, -0.05) is 36.4 Å². The van der Waals surface area contributed by atoms with Gasteiger partial charge in [0.25, 0.3) is 0 Å². The molecule has 2 aromatic rings. The number of Topliss-reactive ketones (excluding diaryl/α,β-unsaturated/α-hetero) is 1. The van der Waals surface area contributed by atoms with Gasteiger partial charge in [0.1, 0.15) is 6.10 Å². The Hall–Kier alpha value is -2.00. The second-order valence-electron chi connectivity index (χ2n) is 4.41. The third-order valence-corrected chi connectivity index (χ3v) is 3.30. The summed E-state index contributed by atoms with van der Waals surface area (Å²) >= 11 is 0. The molecule has 0 spiro atoms. The number of carbonyl (C=O) groups is 1. The Balaban J connectivity index is 2.01. The lowest BCUT2D eigenvalue weighted by Gasteiger charge is -2.09. The highest BCUT2D eigenvalue weighted by Crippen LogP contribution is 2.56. The van der Waals surface area contributed by atoms with E-state index in [1.807, 2.05) is 48.5 Å². The molecule has 0 saturated carbocycles. The van der Waals surface area contributed by atoms with Crippen molar-refractivity contribution in [3.63, 3.8) is 0 Å². The molecule has 1 saturated heterocycles. The first-order valence-corrected chi connectivity index (χ1v) is 5.90. The Labute approximate surface area is 105 Å². The summed E-state index contributed by atoms with van der Waals surface area (Å²) < 4.78 is 5.73. The van der Waals surface area contributed by atoms with E-state index < -0.39 is 5.60 Å². The minimum Gasteiger partial charge on any atom is -0.346 e. The summed E-state index contributed by atoms with van der Waals surface area (Å²) in [6.07, 6.45) is 1.45. The quantitative estimate of drug-likeness (QED) is 0.773. The number of ketones is 1. The van der Waals surface area contributed by atoms with Gasteiger partial charge in [0.2, 0.25) is 0 Å². The molecule has 1 aliphatic heterocycles. The van der Waals surface area contributed by atoms with Crippen molar-refractivity contribution >= 4 is 5.78 Å². The van der Waals surface area contributed by atoms with Crippen LogP contribution in [0.15, 0.2) is 54.7 Å². The van der Waals surface area contributed by atoms with Crippen molar-refractivity contribution in [2.45, 2.75) is 18.6 Å². The molecule has 0 N–H and O–H groups in total. The molecule has 0 amide bonds. The molecule has 3 rings (SSSR count). The summed E-state index contributed by atoms with van der Waals surface area (Å²) in [7, 11) is 0. The van der Waals surface area contributed by atoms with Gasteiger partial charge < -0.3 is 4.74 Å². The van der Waals surface area contributed by atoms with Crippen molar-refractivity contribution in [1.82, 2.24) is 4.98 Å². The van der Waals surface area contributed by atoms with Crippen LogP contribution in [0.1, 0.15) is 24.3 Å². The number of carbonyl (C=O) groups excluding carboxylic acids is 1. The van der Waals surface area contributed by atoms with Gasteiger partial charge in [-0.2, -0.15) is 0 Å². The van der Waals surface area contributed by atoms with E-state index in [4.69, 9.17) is 4.74 Å². The van der Waals surface area contributed by atoms with Crippen LogP contribution in [0, 0.1) is 0 Å². The minimum atomic E-state index is -0.838. The summed E-state index contributed by atoms with van der Waals surface area (Å²) in [5, 5.41) is 0. The van der Waals surface area contributed by atoms with Crippen molar-refractivity contribution in [3.8, 4) is 0 Å². The van der Waals surface area contributed by atoms with Crippen LogP contribution in [0.2, 0.25) is 0 Å². The monoisotopic (exact) mass is 239 g/mol. The molecular formula is C15H13NO2. The highest BCUT2D eigenvalue weighted by Gasteiger charge is 2.63. The first kappa shape index (κ1) is 11.1. The third-order valence-electron chi connectivity index (χ3n) is 3.30. The van der Waals surface area contributed by atoms with Crippen LogP contribution in [-0.4, -0.2) is 10.8 Å². The summed E-state index contributed by atoms with van der Waals surface area (Å²) in [5.74, 6) is 0.0179. The number of pyridine rings is 1. The average molecular weight is 239 g/mol. The summed E-state index contributed by atoms with van der Waals surface area (Å²) in [5.41, 5.74) is 0.861. The number of nitrogens with zero attached hydrogens (tertiary/aromatic N) is 1. The standard InChI is InChI=1S/C15H13NO2/c1-11(17)15(12-7-3-2-4-8-12)14(18-15)13-9-5-6-10-16-13/h2-10,14H,1H3/t14-,15-/m1/s1. The highest BCUT2D eigenvalue weighted by atomic mass is 16.6. The van der Waals surface area contributed by atoms with Crippen molar-refractivity contribution in [1.29, 1.82) is 0 Å². The lowest BCUT2D eigenvalue weighted by Crippen LogP contribution is -2.20. The second-order valence-corrected chi connectivity index (χ2v) is 4.41. The van der Waals surface area contributed by atoms with Crippen LogP contribution < -0.4 is 0 Å². The molecular weight excluding hydrogens is 226 g/mol. The topological polar surface area (TPSA) is 42.5 Å². The number of benzene rings is 1. The van der Waals surface area contributed by atoms with Gasteiger partial charge in [-0.25, -0.2) is 0 Å². The molecule has 3 nitrogen and oxygen atoms in total. The molecule has 0 unspecified atom stereocenters. The van der Waals surface area contributed by atoms with Gasteiger partial charge in [0, 0.05) is 6.20 Å². The molecule has 0 radical (unpaired) electrons. The van der Waals surface area contributed by atoms with E-state index in [1.165, 1.54) is 0 Å². The van der Waals surface area contributed by atoms with Gasteiger partial charge in [0.05, 0.1) is 5.69 Å². The van der Waals surface area contributed by atoms with Gasteiger partial charge in [-0.15, -0.1) is 0 Å². The van der Waals surface area contributed by atoms with Gasteiger partial charge >= 0.3 is 0 Å². The fourth-order valence-corrected chi connectivity index (χ4v) is 2.33. The van der Waals surface area contributed by atoms with E-state index in [9.17, 15) is 4.79 Å². The van der Waals surface area contributed by atoms with Crippen molar-refractivity contribution in [2.75, 3.05) is 0 Å². The molecule has 0 bridgehead atoms. The van der Waals surface area contributed by atoms with Crippen LogP contribution in [0.5, 0.6) is 0 Å². The summed E-state index contributed by atoms with van der Waals surface area (Å²) in [6, 6.07) is 15.2. The Morgan fingerprint density at radius 1 is 1.17 bits per heavy atom. The van der Waals surface area contributed by atoms with E-state index in [0.29, 0.717) is 0 Å². The van der Waals surface area contributed by atoms with Crippen molar-refractivity contribution < 1.29 is 9.53 Å². The van der Waals surface area contributed by atoms with Crippen molar-refractivity contribution in [2.24, 2.45) is 0 Å². The summed E-state index contributed by atoms with van der Waals surface area (Å²) in [4.78, 5) is 16.2. The lowest BCUT2D eigenvalue weighted by atomic mass is 9.90. The van der Waals surface area contributed by atoms with Crippen LogP contribution in [-0.2, 0) is 15.1 Å². The first-order chi connectivity index (χ1) is 8.75. The molecule has 2 atom stereocenters. The average Bonchev–Trinajstić information content (AvgIpc) is 3.18. The molecule has 1 aliphatic rings. The fourth-order valence-electron chi connectivity index (χ4n) is 2.33. The first-order valence-electron chi connectivity index (χ1n) is 5.90. The second kappa shape index (κ2) is 4.03. The van der Waals surface area contributed by atoms with E-state index in [-0.39, 0.29) is 11.9 Å². The number of hydrogen-bond acceptors (Lipinski definition) is 3. The third kappa shape index (κ3) is 1.56. The maximum Gasteiger partial charge on any atom is 0.183 e. The molecule has 0 aliphatic carbocycles. The van der Waals surface area contributed by atoms with E-state index in [1.54, 1.807) is 13.1 Å². The van der Waals surface area contributed by atoms with E-state index >= 15 is 0 Å². The SMILES string of the molecule is CC(=O)[C@]1(c2ccccc2)O[C@@H]1c1ccccn1. The predicted octanol–water partition coefficient (Wildman–Crippen LogP) is 2.64. The molecule has 90 valence electrons. The zero-order valence-electron chi connectivity index (χ0n) is 10.0. The van der Waals surface area contributed by atoms with Crippen LogP contribution in [0.3, 0.4) is 0 Å². The van der Waals surface area contributed by atoms with Gasteiger partial charge in [0.15, 0.2) is 11.4 Å². The predicted molar refractivity (Wildman–Crippen MR) is 66.9 cm³/mol. The van der Waals surface area contributed by atoms with Crippen LogP contribution in [0.25, 0.3) is 0 Å². The Kier molecular flexibility index (Phi) is 2.49. The zero-order valence-corrected chi connectivity index (χ0v) is 10.0. The fraction of sp³-hybridized carbons (Fsp3) is 0.200. The van der Waals surface area contributed by atoms with Crippen LogP contribution in [0.4, 0.5) is 0 Å². The van der Waals surface area contributed by atoms with E-state index in [2.05, 4.69) is 4.98 Å². The smallest absolute Gasteiger partial charge is 0.183 e.